The zero-order valence-corrected chi connectivity index (χ0v) is 13.0. The van der Waals surface area contributed by atoms with Gasteiger partial charge in [0.05, 0.1) is 0 Å². The highest BCUT2D eigenvalue weighted by Crippen LogP contribution is 2.28. The van der Waals surface area contributed by atoms with Gasteiger partial charge in [0.25, 0.3) is 0 Å². The largest absolute Gasteiger partial charge is 0.381 e. The summed E-state index contributed by atoms with van der Waals surface area (Å²) in [5.41, 5.74) is 0. The van der Waals surface area contributed by atoms with Gasteiger partial charge in [-0.3, -0.25) is 4.79 Å². The second-order valence-corrected chi connectivity index (χ2v) is 6.30. The molecule has 1 saturated carbocycles. The monoisotopic (exact) mass is 308 g/mol. The molecule has 1 saturated heterocycles. The summed E-state index contributed by atoms with van der Waals surface area (Å²) in [4.78, 5) is 11.7. The summed E-state index contributed by atoms with van der Waals surface area (Å²) in [5.74, 6) is 3.21. The molecule has 2 aliphatic rings. The van der Waals surface area contributed by atoms with E-state index in [9.17, 15) is 4.79 Å². The van der Waals surface area contributed by atoms with Crippen LogP contribution in [0.3, 0.4) is 0 Å². The van der Waals surface area contributed by atoms with Crippen molar-refractivity contribution in [1.29, 1.82) is 0 Å². The number of thioether (sulfide) groups is 1. The Morgan fingerprint density at radius 1 is 1.42 bits per heavy atom. The Bertz CT molecular complexity index is 259. The van der Waals surface area contributed by atoms with Gasteiger partial charge in [-0.2, -0.15) is 11.8 Å². The van der Waals surface area contributed by atoms with Gasteiger partial charge < -0.3 is 15.4 Å². The average Bonchev–Trinajstić information content (AvgIpc) is 3.19. The summed E-state index contributed by atoms with van der Waals surface area (Å²) < 4.78 is 5.52. The molecule has 0 aromatic heterocycles. The Balaban J connectivity index is 0.00000180. The Labute approximate surface area is 126 Å². The highest BCUT2D eigenvalue weighted by Gasteiger charge is 2.20. The van der Waals surface area contributed by atoms with E-state index in [2.05, 4.69) is 10.6 Å². The third-order valence-electron chi connectivity index (χ3n) is 3.27. The molecule has 1 aliphatic carbocycles. The van der Waals surface area contributed by atoms with Gasteiger partial charge in [-0.05, 0) is 25.2 Å². The molecule has 19 heavy (non-hydrogen) atoms. The van der Waals surface area contributed by atoms with Crippen LogP contribution in [0.4, 0.5) is 0 Å². The summed E-state index contributed by atoms with van der Waals surface area (Å²) in [6.45, 7) is 3.45. The number of hydrogen-bond acceptors (Lipinski definition) is 4. The summed E-state index contributed by atoms with van der Waals surface area (Å²) in [7, 11) is 0. The van der Waals surface area contributed by atoms with Crippen LogP contribution in [-0.2, 0) is 9.53 Å². The van der Waals surface area contributed by atoms with Crippen molar-refractivity contribution in [2.24, 2.45) is 5.92 Å². The van der Waals surface area contributed by atoms with E-state index in [4.69, 9.17) is 4.74 Å². The molecular formula is C13H25ClN2O2S. The first-order chi connectivity index (χ1) is 8.84. The standard InChI is InChI=1S/C13H24N2O2S.ClH/c16-13(8-12-10-18-7-5-14-12)15-4-1-6-17-9-11-2-3-11;/h11-12,14H,1-10H2,(H,15,16);1H. The Kier molecular flexibility index (Phi) is 8.86. The first-order valence-electron chi connectivity index (χ1n) is 7.00. The van der Waals surface area contributed by atoms with E-state index in [1.165, 1.54) is 12.8 Å². The molecule has 4 nitrogen and oxygen atoms in total. The predicted molar refractivity (Wildman–Crippen MR) is 82.2 cm³/mol. The molecule has 112 valence electrons. The number of nitrogens with one attached hydrogen (secondary N) is 2. The van der Waals surface area contributed by atoms with E-state index in [1.54, 1.807) is 0 Å². The van der Waals surface area contributed by atoms with E-state index in [0.29, 0.717) is 12.5 Å². The molecule has 2 N–H and O–H groups in total. The molecule has 1 atom stereocenters. The van der Waals surface area contributed by atoms with Crippen LogP contribution in [0.1, 0.15) is 25.7 Å². The lowest BCUT2D eigenvalue weighted by atomic mass is 10.2. The average molecular weight is 309 g/mol. The highest BCUT2D eigenvalue weighted by molar-refractivity contribution is 7.99. The third-order valence-corrected chi connectivity index (χ3v) is 4.40. The van der Waals surface area contributed by atoms with Crippen LogP contribution < -0.4 is 10.6 Å². The number of ether oxygens (including phenoxy) is 1. The van der Waals surface area contributed by atoms with Crippen LogP contribution in [0, 0.1) is 5.92 Å². The number of rotatable bonds is 8. The molecule has 1 unspecified atom stereocenters. The second-order valence-electron chi connectivity index (χ2n) is 5.15. The van der Waals surface area contributed by atoms with Crippen molar-refractivity contribution in [3.05, 3.63) is 0 Å². The molecule has 2 rings (SSSR count). The summed E-state index contributed by atoms with van der Waals surface area (Å²) in [6, 6.07) is 0.356. The normalized spacial score (nSPS) is 22.6. The molecule has 0 bridgehead atoms. The Morgan fingerprint density at radius 2 is 2.26 bits per heavy atom. The van der Waals surface area contributed by atoms with Crippen molar-refractivity contribution in [3.63, 3.8) is 0 Å². The zero-order valence-electron chi connectivity index (χ0n) is 11.4. The van der Waals surface area contributed by atoms with E-state index in [0.717, 1.165) is 50.1 Å². The van der Waals surface area contributed by atoms with E-state index >= 15 is 0 Å². The van der Waals surface area contributed by atoms with Gasteiger partial charge in [0.2, 0.25) is 5.91 Å². The van der Waals surface area contributed by atoms with Crippen LogP contribution in [0.25, 0.3) is 0 Å². The SMILES string of the molecule is Cl.O=C(CC1CSCCN1)NCCCOCC1CC1. The van der Waals surface area contributed by atoms with Crippen LogP contribution >= 0.6 is 24.2 Å². The fourth-order valence-corrected chi connectivity index (χ4v) is 2.93. The maximum Gasteiger partial charge on any atom is 0.221 e. The zero-order chi connectivity index (χ0) is 12.6. The molecule has 1 aliphatic heterocycles. The molecule has 0 aromatic rings. The highest BCUT2D eigenvalue weighted by atomic mass is 35.5. The number of amides is 1. The summed E-state index contributed by atoms with van der Waals surface area (Å²) >= 11 is 1.93. The van der Waals surface area contributed by atoms with Crippen molar-refractivity contribution in [2.75, 3.05) is 37.8 Å². The molecule has 0 spiro atoms. The van der Waals surface area contributed by atoms with Gasteiger partial charge in [0, 0.05) is 50.3 Å². The van der Waals surface area contributed by atoms with E-state index < -0.39 is 0 Å². The Morgan fingerprint density at radius 3 is 2.95 bits per heavy atom. The number of carbonyl (C=O) groups excluding carboxylic acids is 1. The van der Waals surface area contributed by atoms with Crippen LogP contribution in [0.5, 0.6) is 0 Å². The quantitative estimate of drug-likeness (QED) is 0.666. The van der Waals surface area contributed by atoms with Gasteiger partial charge in [-0.25, -0.2) is 0 Å². The van der Waals surface area contributed by atoms with Gasteiger partial charge in [-0.15, -0.1) is 12.4 Å². The first kappa shape index (κ1) is 17.1. The van der Waals surface area contributed by atoms with Crippen molar-refractivity contribution in [2.45, 2.75) is 31.7 Å². The Hall–Kier alpha value is 0.0300. The lowest BCUT2D eigenvalue weighted by Crippen LogP contribution is -2.41. The minimum atomic E-state index is 0. The smallest absolute Gasteiger partial charge is 0.221 e. The second kappa shape index (κ2) is 9.86. The third kappa shape index (κ3) is 8.02. The van der Waals surface area contributed by atoms with E-state index in [1.807, 2.05) is 11.8 Å². The molecule has 0 radical (unpaired) electrons. The molecule has 1 amide bonds. The summed E-state index contributed by atoms with van der Waals surface area (Å²) in [6.07, 6.45) is 4.20. The fourth-order valence-electron chi connectivity index (χ4n) is 1.98. The van der Waals surface area contributed by atoms with Crippen molar-refractivity contribution in [3.8, 4) is 0 Å². The maximum absolute atomic E-state index is 11.7. The molecule has 1 heterocycles. The lowest BCUT2D eigenvalue weighted by Gasteiger charge is -2.22. The van der Waals surface area contributed by atoms with Gasteiger partial charge in [0.1, 0.15) is 0 Å². The lowest BCUT2D eigenvalue weighted by molar-refractivity contribution is -0.121. The van der Waals surface area contributed by atoms with Crippen molar-refractivity contribution < 1.29 is 9.53 Å². The van der Waals surface area contributed by atoms with Crippen LogP contribution in [0.15, 0.2) is 0 Å². The topological polar surface area (TPSA) is 50.4 Å². The van der Waals surface area contributed by atoms with Crippen LogP contribution in [0.2, 0.25) is 0 Å². The predicted octanol–water partition coefficient (Wildman–Crippen LogP) is 1.44. The summed E-state index contributed by atoms with van der Waals surface area (Å²) in [5, 5.41) is 6.34. The van der Waals surface area contributed by atoms with Gasteiger partial charge in [0.15, 0.2) is 0 Å². The van der Waals surface area contributed by atoms with Crippen molar-refractivity contribution in [1.82, 2.24) is 10.6 Å². The number of halogens is 1. The van der Waals surface area contributed by atoms with Crippen molar-refractivity contribution >= 4 is 30.1 Å². The van der Waals surface area contributed by atoms with Gasteiger partial charge in [-0.1, -0.05) is 0 Å². The van der Waals surface area contributed by atoms with Gasteiger partial charge >= 0.3 is 0 Å². The minimum Gasteiger partial charge on any atom is -0.381 e. The molecule has 0 aromatic carbocycles. The maximum atomic E-state index is 11.7. The van der Waals surface area contributed by atoms with Crippen LogP contribution in [-0.4, -0.2) is 49.8 Å². The number of carbonyl (C=O) groups is 1. The minimum absolute atomic E-state index is 0. The molecule has 2 fully saturated rings. The van der Waals surface area contributed by atoms with E-state index in [-0.39, 0.29) is 18.3 Å². The molecule has 6 heteroatoms. The molecular weight excluding hydrogens is 284 g/mol. The fraction of sp³-hybridized carbons (Fsp3) is 0.923. The first-order valence-corrected chi connectivity index (χ1v) is 8.15. The number of hydrogen-bond donors (Lipinski definition) is 2.